The van der Waals surface area contributed by atoms with Crippen LogP contribution < -0.4 is 19.7 Å². The molecule has 0 spiro atoms. The molecule has 3 rings (SSSR count). The molecule has 142 valence electrons. The summed E-state index contributed by atoms with van der Waals surface area (Å²) in [4.78, 5) is 26.4. The molecule has 0 radical (unpaired) electrons. The first-order valence-electron chi connectivity index (χ1n) is 8.67. The summed E-state index contributed by atoms with van der Waals surface area (Å²) in [6.07, 6.45) is 2.49. The third-order valence-electron chi connectivity index (χ3n) is 4.49. The van der Waals surface area contributed by atoms with Crippen molar-refractivity contribution in [3.63, 3.8) is 0 Å². The molecular formula is C20H21ClN2O4. The maximum absolute atomic E-state index is 12.6. The van der Waals surface area contributed by atoms with Crippen LogP contribution in [-0.4, -0.2) is 32.6 Å². The zero-order valence-corrected chi connectivity index (χ0v) is 16.0. The van der Waals surface area contributed by atoms with Crippen LogP contribution in [0.15, 0.2) is 36.4 Å². The fourth-order valence-electron chi connectivity index (χ4n) is 3.02. The Labute approximate surface area is 163 Å². The monoisotopic (exact) mass is 388 g/mol. The highest BCUT2D eigenvalue weighted by Gasteiger charge is 2.20. The number of hydrogen-bond acceptors (Lipinski definition) is 4. The minimum absolute atomic E-state index is 0.121. The molecule has 0 bridgehead atoms. The average Bonchev–Trinajstić information content (AvgIpc) is 2.69. The Kier molecular flexibility index (Phi) is 5.86. The van der Waals surface area contributed by atoms with Crippen molar-refractivity contribution in [2.45, 2.75) is 19.3 Å². The number of methoxy groups -OCH3 is 2. The Bertz CT molecular complexity index is 852. The van der Waals surface area contributed by atoms with Gasteiger partial charge in [0.2, 0.25) is 5.91 Å². The van der Waals surface area contributed by atoms with Gasteiger partial charge in [-0.15, -0.1) is 0 Å². The Morgan fingerprint density at radius 3 is 2.41 bits per heavy atom. The van der Waals surface area contributed by atoms with E-state index in [0.717, 1.165) is 18.5 Å². The Morgan fingerprint density at radius 2 is 1.78 bits per heavy atom. The van der Waals surface area contributed by atoms with Gasteiger partial charge in [-0.2, -0.15) is 0 Å². The maximum Gasteiger partial charge on any atom is 0.255 e. The lowest BCUT2D eigenvalue weighted by molar-refractivity contribution is -0.119. The summed E-state index contributed by atoms with van der Waals surface area (Å²) in [7, 11) is 3.01. The maximum atomic E-state index is 12.6. The summed E-state index contributed by atoms with van der Waals surface area (Å²) in [6, 6.07) is 10.2. The topological polar surface area (TPSA) is 67.9 Å². The second-order valence-electron chi connectivity index (χ2n) is 6.19. The van der Waals surface area contributed by atoms with Crippen LogP contribution in [0.5, 0.6) is 11.5 Å². The number of hydrogen-bond donors (Lipinski definition) is 1. The van der Waals surface area contributed by atoms with E-state index in [1.807, 2.05) is 0 Å². The lowest BCUT2D eigenvalue weighted by Gasteiger charge is -2.26. The molecular weight excluding hydrogens is 368 g/mol. The number of anilines is 2. The lowest BCUT2D eigenvalue weighted by Crippen LogP contribution is -2.35. The van der Waals surface area contributed by atoms with Crippen molar-refractivity contribution >= 4 is 34.8 Å². The van der Waals surface area contributed by atoms with Crippen molar-refractivity contribution in [3.8, 4) is 11.5 Å². The van der Waals surface area contributed by atoms with Gasteiger partial charge in [-0.1, -0.05) is 11.6 Å². The van der Waals surface area contributed by atoms with Gasteiger partial charge in [0.15, 0.2) is 0 Å². The van der Waals surface area contributed by atoms with Gasteiger partial charge in [0.25, 0.3) is 5.91 Å². The van der Waals surface area contributed by atoms with E-state index in [0.29, 0.717) is 40.7 Å². The molecule has 1 aliphatic rings. The molecule has 2 aromatic carbocycles. The largest absolute Gasteiger partial charge is 0.495 e. The SMILES string of the molecule is COc1cc(OC)c(NC(=O)c2ccc(N3CCCCC3=O)cc2)cc1Cl. The van der Waals surface area contributed by atoms with E-state index >= 15 is 0 Å². The number of carbonyl (C=O) groups excluding carboxylic acids is 2. The Hall–Kier alpha value is -2.73. The number of amides is 2. The fraction of sp³-hybridized carbons (Fsp3) is 0.300. The van der Waals surface area contributed by atoms with Gasteiger partial charge in [0, 0.05) is 30.3 Å². The first kappa shape index (κ1) is 19.0. The van der Waals surface area contributed by atoms with E-state index in [4.69, 9.17) is 21.1 Å². The molecule has 1 saturated heterocycles. The van der Waals surface area contributed by atoms with Gasteiger partial charge in [0.1, 0.15) is 11.5 Å². The molecule has 0 aliphatic carbocycles. The molecule has 2 amide bonds. The van der Waals surface area contributed by atoms with Gasteiger partial charge in [-0.3, -0.25) is 9.59 Å². The Balaban J connectivity index is 1.77. The summed E-state index contributed by atoms with van der Waals surface area (Å²) in [5.74, 6) is 0.726. The standard InChI is InChI=1S/C20H21ClN2O4/c1-26-17-12-18(27-2)16(11-15(17)21)22-20(25)13-6-8-14(9-7-13)23-10-4-3-5-19(23)24/h6-9,11-12H,3-5,10H2,1-2H3,(H,22,25). The molecule has 7 heteroatoms. The minimum atomic E-state index is -0.300. The van der Waals surface area contributed by atoms with Crippen molar-refractivity contribution in [1.82, 2.24) is 0 Å². The van der Waals surface area contributed by atoms with Crippen LogP contribution in [0.1, 0.15) is 29.6 Å². The number of nitrogens with one attached hydrogen (secondary N) is 1. The van der Waals surface area contributed by atoms with Crippen molar-refractivity contribution in [1.29, 1.82) is 0 Å². The summed E-state index contributed by atoms with van der Waals surface area (Å²) in [5.41, 5.74) is 1.72. The molecule has 1 fully saturated rings. The van der Waals surface area contributed by atoms with Crippen LogP contribution in [0, 0.1) is 0 Å². The number of benzene rings is 2. The minimum Gasteiger partial charge on any atom is -0.495 e. The normalized spacial score (nSPS) is 14.0. The van der Waals surface area contributed by atoms with Gasteiger partial charge in [0.05, 0.1) is 24.9 Å². The van der Waals surface area contributed by atoms with Crippen molar-refractivity contribution < 1.29 is 19.1 Å². The first-order chi connectivity index (χ1) is 13.0. The Morgan fingerprint density at radius 1 is 1.07 bits per heavy atom. The van der Waals surface area contributed by atoms with Crippen LogP contribution in [0.2, 0.25) is 5.02 Å². The quantitative estimate of drug-likeness (QED) is 0.836. The molecule has 27 heavy (non-hydrogen) atoms. The fourth-order valence-corrected chi connectivity index (χ4v) is 3.26. The van der Waals surface area contributed by atoms with Crippen molar-refractivity contribution in [2.24, 2.45) is 0 Å². The van der Waals surface area contributed by atoms with Crippen LogP contribution in [0.3, 0.4) is 0 Å². The predicted octanol–water partition coefficient (Wildman–Crippen LogP) is 4.13. The van der Waals surface area contributed by atoms with Gasteiger partial charge in [-0.25, -0.2) is 0 Å². The number of piperidine rings is 1. The molecule has 2 aromatic rings. The van der Waals surface area contributed by atoms with E-state index in [-0.39, 0.29) is 11.8 Å². The molecule has 0 unspecified atom stereocenters. The zero-order chi connectivity index (χ0) is 19.4. The second kappa shape index (κ2) is 8.31. The number of carbonyl (C=O) groups is 2. The highest BCUT2D eigenvalue weighted by atomic mass is 35.5. The highest BCUT2D eigenvalue weighted by molar-refractivity contribution is 6.32. The highest BCUT2D eigenvalue weighted by Crippen LogP contribution is 2.36. The number of rotatable bonds is 5. The van der Waals surface area contributed by atoms with Gasteiger partial charge < -0.3 is 19.7 Å². The van der Waals surface area contributed by atoms with E-state index in [9.17, 15) is 9.59 Å². The second-order valence-corrected chi connectivity index (χ2v) is 6.60. The van der Waals surface area contributed by atoms with E-state index in [1.54, 1.807) is 41.3 Å². The number of ether oxygens (including phenoxy) is 2. The zero-order valence-electron chi connectivity index (χ0n) is 15.3. The van der Waals surface area contributed by atoms with Crippen molar-refractivity contribution in [2.75, 3.05) is 31.0 Å². The van der Waals surface area contributed by atoms with E-state index in [2.05, 4.69) is 5.32 Å². The summed E-state index contributed by atoms with van der Waals surface area (Å²) >= 11 is 6.14. The molecule has 1 heterocycles. The molecule has 0 saturated carbocycles. The van der Waals surface area contributed by atoms with Crippen LogP contribution >= 0.6 is 11.6 Å². The lowest BCUT2D eigenvalue weighted by atomic mass is 10.1. The number of halogens is 1. The summed E-state index contributed by atoms with van der Waals surface area (Å²) < 4.78 is 10.4. The summed E-state index contributed by atoms with van der Waals surface area (Å²) in [6.45, 7) is 0.714. The molecule has 6 nitrogen and oxygen atoms in total. The van der Waals surface area contributed by atoms with E-state index < -0.39 is 0 Å². The smallest absolute Gasteiger partial charge is 0.255 e. The van der Waals surface area contributed by atoms with Crippen molar-refractivity contribution in [3.05, 3.63) is 47.0 Å². The molecule has 1 aliphatic heterocycles. The average molecular weight is 389 g/mol. The van der Waals surface area contributed by atoms with E-state index in [1.165, 1.54) is 14.2 Å². The summed E-state index contributed by atoms with van der Waals surface area (Å²) in [5, 5.41) is 3.16. The predicted molar refractivity (Wildman–Crippen MR) is 105 cm³/mol. The molecule has 1 N–H and O–H groups in total. The van der Waals surface area contributed by atoms with Crippen LogP contribution in [-0.2, 0) is 4.79 Å². The van der Waals surface area contributed by atoms with Gasteiger partial charge in [-0.05, 0) is 43.2 Å². The number of nitrogens with zero attached hydrogens (tertiary/aromatic N) is 1. The molecule has 0 aromatic heterocycles. The van der Waals surface area contributed by atoms with Crippen LogP contribution in [0.25, 0.3) is 0 Å². The third-order valence-corrected chi connectivity index (χ3v) is 4.78. The third kappa shape index (κ3) is 4.17. The van der Waals surface area contributed by atoms with Gasteiger partial charge >= 0.3 is 0 Å². The van der Waals surface area contributed by atoms with Crippen LogP contribution in [0.4, 0.5) is 11.4 Å². The first-order valence-corrected chi connectivity index (χ1v) is 9.04. The molecule has 0 atom stereocenters.